The highest BCUT2D eigenvalue weighted by Crippen LogP contribution is 2.38. The number of benzene rings is 2. The number of hydrogen-bond acceptors (Lipinski definition) is 3. The number of ether oxygens (including phenoxy) is 1. The maximum absolute atomic E-state index is 11.7. The van der Waals surface area contributed by atoms with E-state index in [-0.39, 0.29) is 6.61 Å². The highest BCUT2D eigenvalue weighted by molar-refractivity contribution is 6.67. The summed E-state index contributed by atoms with van der Waals surface area (Å²) in [4.78, 5) is 14.1. The van der Waals surface area contributed by atoms with E-state index in [0.29, 0.717) is 6.54 Å². The quantitative estimate of drug-likeness (QED) is 0.444. The second kappa shape index (κ2) is 10.3. The summed E-state index contributed by atoms with van der Waals surface area (Å²) in [6, 6.07) is 17.2. The number of amides is 1. The zero-order valence-corrected chi connectivity index (χ0v) is 19.9. The standard InChI is InChI=1S/C25H25Cl3N2O2/c26-25(27,28)17-32-24(31)29-13-16-30-14-11-20(12-15-30)23-21-7-3-1-5-18(21)9-10-19-6-2-4-8-22(19)23/h1-10H,11-17H2,(H,29,31). The molecule has 0 radical (unpaired) electrons. The molecule has 1 fully saturated rings. The number of fused-ring (bicyclic) bond motifs is 2. The molecule has 4 rings (SSSR count). The third-order valence-corrected chi connectivity index (χ3v) is 6.11. The molecule has 1 N–H and O–H groups in total. The van der Waals surface area contributed by atoms with Crippen LogP contribution in [-0.2, 0) is 4.74 Å². The number of nitrogens with one attached hydrogen (secondary N) is 1. The van der Waals surface area contributed by atoms with Gasteiger partial charge < -0.3 is 15.0 Å². The number of nitrogens with zero attached hydrogens (tertiary/aromatic N) is 1. The lowest BCUT2D eigenvalue weighted by Crippen LogP contribution is -2.39. The van der Waals surface area contributed by atoms with Crippen LogP contribution in [0, 0.1) is 0 Å². The van der Waals surface area contributed by atoms with Crippen LogP contribution in [0.3, 0.4) is 0 Å². The van der Waals surface area contributed by atoms with Crippen molar-refractivity contribution in [2.75, 3.05) is 32.8 Å². The van der Waals surface area contributed by atoms with Crippen LogP contribution in [-0.4, -0.2) is 47.6 Å². The van der Waals surface area contributed by atoms with Crippen molar-refractivity contribution in [2.45, 2.75) is 16.6 Å². The summed E-state index contributed by atoms with van der Waals surface area (Å²) in [5, 5.41) is 2.71. The third kappa shape index (κ3) is 5.87. The highest BCUT2D eigenvalue weighted by Gasteiger charge is 2.23. The molecule has 0 bridgehead atoms. The van der Waals surface area contributed by atoms with Crippen molar-refractivity contribution < 1.29 is 9.53 Å². The van der Waals surface area contributed by atoms with Gasteiger partial charge in [-0.05, 0) is 40.7 Å². The molecule has 0 unspecified atom stereocenters. The summed E-state index contributed by atoms with van der Waals surface area (Å²) in [5.74, 6) is 0. The van der Waals surface area contributed by atoms with Crippen molar-refractivity contribution in [3.05, 3.63) is 76.4 Å². The molecule has 32 heavy (non-hydrogen) atoms. The summed E-state index contributed by atoms with van der Waals surface area (Å²) in [7, 11) is 0. The highest BCUT2D eigenvalue weighted by atomic mass is 35.6. The van der Waals surface area contributed by atoms with Crippen LogP contribution in [0.5, 0.6) is 0 Å². The molecule has 7 heteroatoms. The van der Waals surface area contributed by atoms with Gasteiger partial charge in [-0.3, -0.25) is 0 Å². The van der Waals surface area contributed by atoms with Gasteiger partial charge in [0.25, 0.3) is 0 Å². The Morgan fingerprint density at radius 3 is 2.06 bits per heavy atom. The number of rotatable bonds is 4. The molecule has 0 atom stereocenters. The molecule has 0 spiro atoms. The lowest BCUT2D eigenvalue weighted by Gasteiger charge is -2.30. The van der Waals surface area contributed by atoms with Gasteiger partial charge in [-0.15, -0.1) is 0 Å². The summed E-state index contributed by atoms with van der Waals surface area (Å²) in [6.07, 6.45) is 5.84. The van der Waals surface area contributed by atoms with Crippen molar-refractivity contribution in [1.29, 1.82) is 0 Å². The van der Waals surface area contributed by atoms with Gasteiger partial charge in [0.15, 0.2) is 0 Å². The molecule has 1 saturated heterocycles. The predicted molar refractivity (Wildman–Crippen MR) is 133 cm³/mol. The summed E-state index contributed by atoms with van der Waals surface area (Å²) >= 11 is 16.8. The van der Waals surface area contributed by atoms with E-state index in [1.54, 1.807) is 0 Å². The Labute approximate surface area is 203 Å². The van der Waals surface area contributed by atoms with Crippen LogP contribution in [0.15, 0.2) is 54.1 Å². The molecule has 2 aliphatic rings. The molecule has 1 aliphatic heterocycles. The van der Waals surface area contributed by atoms with Crippen molar-refractivity contribution in [2.24, 2.45) is 0 Å². The third-order valence-electron chi connectivity index (χ3n) is 5.78. The van der Waals surface area contributed by atoms with E-state index in [1.165, 1.54) is 33.4 Å². The van der Waals surface area contributed by atoms with Gasteiger partial charge in [0, 0.05) is 26.2 Å². The molecule has 0 aromatic heterocycles. The van der Waals surface area contributed by atoms with E-state index in [4.69, 9.17) is 39.5 Å². The van der Waals surface area contributed by atoms with Crippen LogP contribution in [0.25, 0.3) is 17.7 Å². The van der Waals surface area contributed by atoms with Crippen LogP contribution in [0.2, 0.25) is 0 Å². The van der Waals surface area contributed by atoms with Gasteiger partial charge >= 0.3 is 6.09 Å². The molecule has 168 valence electrons. The molecule has 4 nitrogen and oxygen atoms in total. The molecule has 2 aromatic rings. The van der Waals surface area contributed by atoms with Gasteiger partial charge in [-0.2, -0.15) is 0 Å². The zero-order chi connectivity index (χ0) is 22.6. The first-order valence-corrected chi connectivity index (χ1v) is 11.8. The Morgan fingerprint density at radius 2 is 1.50 bits per heavy atom. The first kappa shape index (κ1) is 23.2. The van der Waals surface area contributed by atoms with Crippen LogP contribution >= 0.6 is 34.8 Å². The van der Waals surface area contributed by atoms with Gasteiger partial charge in [0.05, 0.1) is 0 Å². The maximum Gasteiger partial charge on any atom is 0.407 e. The fourth-order valence-corrected chi connectivity index (χ4v) is 4.42. The van der Waals surface area contributed by atoms with Crippen molar-refractivity contribution in [1.82, 2.24) is 10.2 Å². The molecule has 1 heterocycles. The number of alkyl halides is 3. The maximum atomic E-state index is 11.7. The minimum absolute atomic E-state index is 0.276. The predicted octanol–water partition coefficient (Wildman–Crippen LogP) is 6.16. The van der Waals surface area contributed by atoms with Gasteiger partial charge in [-0.25, -0.2) is 4.79 Å². The van der Waals surface area contributed by atoms with Crippen LogP contribution < -0.4 is 5.32 Å². The molecule has 0 saturated carbocycles. The minimum atomic E-state index is -1.60. The Morgan fingerprint density at radius 1 is 0.938 bits per heavy atom. The molecule has 1 aliphatic carbocycles. The molecule has 1 amide bonds. The Kier molecular flexibility index (Phi) is 7.47. The lowest BCUT2D eigenvalue weighted by atomic mass is 9.86. The average molecular weight is 492 g/mol. The molecular formula is C25H25Cl3N2O2. The molecular weight excluding hydrogens is 467 g/mol. The smallest absolute Gasteiger partial charge is 0.407 e. The fraction of sp³-hybridized carbons (Fsp3) is 0.320. The topological polar surface area (TPSA) is 41.6 Å². The number of likely N-dealkylation sites (tertiary alicyclic amines) is 1. The van der Waals surface area contributed by atoms with E-state index in [1.807, 2.05) is 0 Å². The fourth-order valence-electron chi connectivity index (χ4n) is 4.26. The van der Waals surface area contributed by atoms with E-state index >= 15 is 0 Å². The van der Waals surface area contributed by atoms with Gasteiger partial charge in [0.1, 0.15) is 6.61 Å². The first-order chi connectivity index (χ1) is 15.4. The number of halogens is 3. The van der Waals surface area contributed by atoms with E-state index in [2.05, 4.69) is 70.9 Å². The van der Waals surface area contributed by atoms with Gasteiger partial charge in [-0.1, -0.05) is 101 Å². The summed E-state index contributed by atoms with van der Waals surface area (Å²) in [6.45, 7) is 2.85. The normalized spacial score (nSPS) is 16.2. The van der Waals surface area contributed by atoms with E-state index in [9.17, 15) is 4.79 Å². The Bertz CT molecular complexity index is 982. The van der Waals surface area contributed by atoms with Crippen LogP contribution in [0.4, 0.5) is 4.79 Å². The molecule has 2 aromatic carbocycles. The van der Waals surface area contributed by atoms with Crippen molar-refractivity contribution in [3.8, 4) is 0 Å². The van der Waals surface area contributed by atoms with E-state index < -0.39 is 9.89 Å². The number of carbonyl (C=O) groups is 1. The Balaban J connectivity index is 1.41. The first-order valence-electron chi connectivity index (χ1n) is 10.7. The van der Waals surface area contributed by atoms with Gasteiger partial charge in [0.2, 0.25) is 3.79 Å². The second-order valence-corrected chi connectivity index (χ2v) is 10.5. The summed E-state index contributed by atoms with van der Waals surface area (Å²) < 4.78 is 3.29. The Hall–Kier alpha value is -1.98. The number of hydrogen-bond donors (Lipinski definition) is 1. The van der Waals surface area contributed by atoms with E-state index in [0.717, 1.165) is 32.5 Å². The monoisotopic (exact) mass is 490 g/mol. The SMILES string of the molecule is O=C(NCCN1CCC(=C2c3ccccc3C=Cc3ccccc32)CC1)OCC(Cl)(Cl)Cl. The number of piperidine rings is 1. The van der Waals surface area contributed by atoms with Crippen molar-refractivity contribution >= 4 is 58.6 Å². The summed E-state index contributed by atoms with van der Waals surface area (Å²) in [5.41, 5.74) is 7.97. The van der Waals surface area contributed by atoms with Crippen molar-refractivity contribution in [3.63, 3.8) is 0 Å². The van der Waals surface area contributed by atoms with Crippen LogP contribution in [0.1, 0.15) is 35.1 Å². The zero-order valence-electron chi connectivity index (χ0n) is 17.6. The lowest BCUT2D eigenvalue weighted by molar-refractivity contribution is 0.146. The second-order valence-electron chi connectivity index (χ2n) is 7.95. The largest absolute Gasteiger partial charge is 0.445 e. The average Bonchev–Trinajstić information content (AvgIpc) is 2.95. The minimum Gasteiger partial charge on any atom is -0.445 e. The number of carbonyl (C=O) groups excluding carboxylic acids is 1. The number of alkyl carbamates (subject to hydrolysis) is 1.